The van der Waals surface area contributed by atoms with E-state index in [-0.39, 0.29) is 0 Å². The summed E-state index contributed by atoms with van der Waals surface area (Å²) in [6.45, 7) is 0. The fraction of sp³-hybridized carbons (Fsp3) is 0. The van der Waals surface area contributed by atoms with Gasteiger partial charge in [0, 0.05) is 27.7 Å². The second kappa shape index (κ2) is 11.8. The molecule has 0 aliphatic heterocycles. The molecule has 1 heterocycles. The SMILES string of the molecule is c1ccc(-c2ccc(N(c3ccc(-c4ccc5ccccc5c4)cc3)c3ccccc3-c3ccc4c(c3)oc3ccccc34)cc2)cc1. The fourth-order valence-corrected chi connectivity index (χ4v) is 6.84. The minimum Gasteiger partial charge on any atom is -0.456 e. The van der Waals surface area contributed by atoms with E-state index in [1.165, 1.54) is 33.0 Å². The van der Waals surface area contributed by atoms with Crippen molar-refractivity contribution in [3.63, 3.8) is 0 Å². The maximum absolute atomic E-state index is 6.31. The van der Waals surface area contributed by atoms with Gasteiger partial charge in [0.2, 0.25) is 0 Å². The van der Waals surface area contributed by atoms with E-state index in [1.807, 2.05) is 12.1 Å². The van der Waals surface area contributed by atoms with Crippen LogP contribution in [0.4, 0.5) is 17.1 Å². The van der Waals surface area contributed by atoms with E-state index >= 15 is 0 Å². The first-order valence-electron chi connectivity index (χ1n) is 16.3. The Kier molecular flexibility index (Phi) is 6.84. The molecule has 0 aliphatic carbocycles. The minimum atomic E-state index is 0.891. The van der Waals surface area contributed by atoms with Crippen LogP contribution < -0.4 is 4.90 Å². The van der Waals surface area contributed by atoms with Gasteiger partial charge < -0.3 is 9.32 Å². The Morgan fingerprint density at radius 2 is 0.896 bits per heavy atom. The van der Waals surface area contributed by atoms with Crippen LogP contribution in [0.2, 0.25) is 0 Å². The molecule has 0 bridgehead atoms. The van der Waals surface area contributed by atoms with Gasteiger partial charge >= 0.3 is 0 Å². The van der Waals surface area contributed by atoms with Gasteiger partial charge in [-0.2, -0.15) is 0 Å². The maximum atomic E-state index is 6.31. The zero-order valence-electron chi connectivity index (χ0n) is 26.3. The van der Waals surface area contributed by atoms with Crippen molar-refractivity contribution >= 4 is 49.8 Å². The first-order chi connectivity index (χ1) is 23.8. The Morgan fingerprint density at radius 3 is 1.69 bits per heavy atom. The van der Waals surface area contributed by atoms with Crippen LogP contribution in [0, 0.1) is 0 Å². The molecule has 0 radical (unpaired) electrons. The van der Waals surface area contributed by atoms with Crippen LogP contribution in [0.5, 0.6) is 0 Å². The number of nitrogens with zero attached hydrogens (tertiary/aromatic N) is 1. The van der Waals surface area contributed by atoms with Crippen molar-refractivity contribution in [3.8, 4) is 33.4 Å². The Morgan fingerprint density at radius 1 is 0.333 bits per heavy atom. The number of benzene rings is 8. The van der Waals surface area contributed by atoms with E-state index in [1.54, 1.807) is 0 Å². The monoisotopic (exact) mass is 613 g/mol. The smallest absolute Gasteiger partial charge is 0.136 e. The highest BCUT2D eigenvalue weighted by atomic mass is 16.3. The van der Waals surface area contributed by atoms with Crippen molar-refractivity contribution in [2.75, 3.05) is 4.90 Å². The topological polar surface area (TPSA) is 16.4 Å². The number of hydrogen-bond donors (Lipinski definition) is 0. The molecule has 0 fully saturated rings. The third kappa shape index (κ3) is 5.01. The molecule has 0 saturated carbocycles. The first kappa shape index (κ1) is 27.9. The van der Waals surface area contributed by atoms with Crippen LogP contribution in [-0.4, -0.2) is 0 Å². The van der Waals surface area contributed by atoms with E-state index in [0.29, 0.717) is 0 Å². The molecule has 0 N–H and O–H groups in total. The van der Waals surface area contributed by atoms with Crippen molar-refractivity contribution < 1.29 is 4.42 Å². The standard InChI is InChI=1S/C46H31NO/c1-2-10-32(11-3-1)34-20-25-39(26-21-34)47(40-27-22-35(23-28-40)37-19-18-33-12-4-5-13-36(33)30-37)44-16-8-6-14-41(44)38-24-29-43-42-15-7-9-17-45(42)48-46(43)31-38/h1-31H. The first-order valence-corrected chi connectivity index (χ1v) is 16.3. The van der Waals surface area contributed by atoms with Gasteiger partial charge in [-0.15, -0.1) is 0 Å². The lowest BCUT2D eigenvalue weighted by molar-refractivity contribution is 0.669. The number of para-hydroxylation sites is 2. The van der Waals surface area contributed by atoms with Gasteiger partial charge in [-0.1, -0.05) is 133 Å². The highest BCUT2D eigenvalue weighted by molar-refractivity contribution is 6.06. The van der Waals surface area contributed by atoms with Gasteiger partial charge in [0.1, 0.15) is 11.2 Å². The summed E-state index contributed by atoms with van der Waals surface area (Å²) in [5.74, 6) is 0. The average Bonchev–Trinajstić information content (AvgIpc) is 3.54. The summed E-state index contributed by atoms with van der Waals surface area (Å²) < 4.78 is 6.31. The van der Waals surface area contributed by atoms with Crippen molar-refractivity contribution in [3.05, 3.63) is 188 Å². The van der Waals surface area contributed by atoms with Gasteiger partial charge in [-0.25, -0.2) is 0 Å². The van der Waals surface area contributed by atoms with E-state index in [2.05, 4.69) is 181 Å². The number of hydrogen-bond acceptors (Lipinski definition) is 2. The zero-order valence-corrected chi connectivity index (χ0v) is 26.3. The summed E-state index contributed by atoms with van der Waals surface area (Å²) in [4.78, 5) is 2.36. The number of furan rings is 1. The lowest BCUT2D eigenvalue weighted by Gasteiger charge is -2.28. The second-order valence-electron chi connectivity index (χ2n) is 12.2. The van der Waals surface area contributed by atoms with Gasteiger partial charge in [-0.3, -0.25) is 0 Å². The van der Waals surface area contributed by atoms with Crippen LogP contribution in [0.25, 0.3) is 66.1 Å². The molecule has 0 unspecified atom stereocenters. The summed E-state index contributed by atoms with van der Waals surface area (Å²) >= 11 is 0. The molecule has 8 aromatic carbocycles. The molecule has 2 heteroatoms. The molecule has 1 aromatic heterocycles. The Balaban J connectivity index is 1.17. The molecule has 0 spiro atoms. The molecule has 9 aromatic rings. The summed E-state index contributed by atoms with van der Waals surface area (Å²) in [5.41, 5.74) is 12.1. The van der Waals surface area contributed by atoms with Crippen LogP contribution in [0.1, 0.15) is 0 Å². The molecule has 48 heavy (non-hydrogen) atoms. The second-order valence-corrected chi connectivity index (χ2v) is 12.2. The van der Waals surface area contributed by atoms with Crippen LogP contribution in [0.15, 0.2) is 192 Å². The fourth-order valence-electron chi connectivity index (χ4n) is 6.84. The number of anilines is 3. The molecule has 226 valence electrons. The third-order valence-electron chi connectivity index (χ3n) is 9.28. The van der Waals surface area contributed by atoms with Crippen molar-refractivity contribution in [1.29, 1.82) is 0 Å². The Labute approximate surface area is 279 Å². The highest BCUT2D eigenvalue weighted by Crippen LogP contribution is 2.43. The van der Waals surface area contributed by atoms with Gasteiger partial charge in [0.25, 0.3) is 0 Å². The quantitative estimate of drug-likeness (QED) is 0.185. The van der Waals surface area contributed by atoms with E-state index in [4.69, 9.17) is 4.42 Å². The molecule has 9 rings (SSSR count). The highest BCUT2D eigenvalue weighted by Gasteiger charge is 2.18. The molecular formula is C46H31NO. The van der Waals surface area contributed by atoms with E-state index in [9.17, 15) is 0 Å². The molecule has 0 aliphatic rings. The largest absolute Gasteiger partial charge is 0.456 e. The third-order valence-corrected chi connectivity index (χ3v) is 9.28. The Bertz CT molecular complexity index is 2540. The number of rotatable bonds is 6. The normalized spacial score (nSPS) is 11.3. The van der Waals surface area contributed by atoms with Gasteiger partial charge in [0.15, 0.2) is 0 Å². The minimum absolute atomic E-state index is 0.891. The van der Waals surface area contributed by atoms with Crippen LogP contribution >= 0.6 is 0 Å². The summed E-state index contributed by atoms with van der Waals surface area (Å²) in [6.07, 6.45) is 0. The average molecular weight is 614 g/mol. The molecule has 0 atom stereocenters. The summed E-state index contributed by atoms with van der Waals surface area (Å²) in [6, 6.07) is 67.0. The van der Waals surface area contributed by atoms with Crippen LogP contribution in [-0.2, 0) is 0 Å². The van der Waals surface area contributed by atoms with Crippen molar-refractivity contribution in [1.82, 2.24) is 0 Å². The molecule has 0 saturated heterocycles. The molecule has 2 nitrogen and oxygen atoms in total. The van der Waals surface area contributed by atoms with E-state index in [0.717, 1.165) is 50.1 Å². The lowest BCUT2D eigenvalue weighted by atomic mass is 9.99. The Hall–Kier alpha value is -6.38. The van der Waals surface area contributed by atoms with Crippen LogP contribution in [0.3, 0.4) is 0 Å². The lowest BCUT2D eigenvalue weighted by Crippen LogP contribution is -2.11. The van der Waals surface area contributed by atoms with Crippen molar-refractivity contribution in [2.24, 2.45) is 0 Å². The number of fused-ring (bicyclic) bond motifs is 4. The summed E-state index contributed by atoms with van der Waals surface area (Å²) in [5, 5.41) is 4.76. The predicted molar refractivity (Wildman–Crippen MR) is 202 cm³/mol. The molecular weight excluding hydrogens is 583 g/mol. The zero-order chi connectivity index (χ0) is 31.9. The van der Waals surface area contributed by atoms with Gasteiger partial charge in [0.05, 0.1) is 5.69 Å². The summed E-state index contributed by atoms with van der Waals surface area (Å²) in [7, 11) is 0. The molecule has 0 amide bonds. The van der Waals surface area contributed by atoms with Gasteiger partial charge in [-0.05, 0) is 93.2 Å². The van der Waals surface area contributed by atoms with E-state index < -0.39 is 0 Å². The predicted octanol–water partition coefficient (Wildman–Crippen LogP) is 13.2. The van der Waals surface area contributed by atoms with Crippen molar-refractivity contribution in [2.45, 2.75) is 0 Å². The maximum Gasteiger partial charge on any atom is 0.136 e.